The van der Waals surface area contributed by atoms with E-state index < -0.39 is 8.32 Å². The standard InChI is InChI=1S/C31H41NO3Si/c1-31(2,3)36(4,5)35-18-10-11-22-19-23-16-17-24(20-22)32(23)30(33)34-21-29-27-14-8-6-12-25(27)26-13-7-9-15-28(26)29/h6-9,12-15,19,23-24,29H,10-11,16-18,20-21H2,1-5H3. The Morgan fingerprint density at radius 1 is 1.00 bits per heavy atom. The molecule has 1 saturated heterocycles. The minimum absolute atomic E-state index is 0.107. The highest BCUT2D eigenvalue weighted by Gasteiger charge is 2.41. The molecule has 2 bridgehead atoms. The van der Waals surface area contributed by atoms with Crippen molar-refractivity contribution in [1.82, 2.24) is 4.90 Å². The minimum Gasteiger partial charge on any atom is -0.448 e. The van der Waals surface area contributed by atoms with E-state index in [4.69, 9.17) is 9.16 Å². The lowest BCUT2D eigenvalue weighted by atomic mass is 9.97. The van der Waals surface area contributed by atoms with Crippen LogP contribution >= 0.6 is 0 Å². The van der Waals surface area contributed by atoms with Gasteiger partial charge in [0.25, 0.3) is 0 Å². The zero-order valence-electron chi connectivity index (χ0n) is 22.5. The van der Waals surface area contributed by atoms with E-state index in [0.717, 1.165) is 38.7 Å². The van der Waals surface area contributed by atoms with Crippen LogP contribution in [0, 0.1) is 0 Å². The van der Waals surface area contributed by atoms with E-state index in [1.54, 1.807) is 0 Å². The molecule has 0 spiro atoms. The van der Waals surface area contributed by atoms with Gasteiger partial charge in [0.05, 0.1) is 6.04 Å². The van der Waals surface area contributed by atoms with Crippen molar-refractivity contribution in [2.24, 2.45) is 0 Å². The number of hydrogen-bond acceptors (Lipinski definition) is 3. The molecule has 0 aromatic heterocycles. The average molecular weight is 504 g/mol. The summed E-state index contributed by atoms with van der Waals surface area (Å²) >= 11 is 0. The molecule has 2 aliphatic heterocycles. The summed E-state index contributed by atoms with van der Waals surface area (Å²) in [4.78, 5) is 15.3. The van der Waals surface area contributed by atoms with Crippen LogP contribution in [0.3, 0.4) is 0 Å². The van der Waals surface area contributed by atoms with Gasteiger partial charge >= 0.3 is 6.09 Å². The van der Waals surface area contributed by atoms with Gasteiger partial charge in [-0.15, -0.1) is 0 Å². The topological polar surface area (TPSA) is 38.8 Å². The van der Waals surface area contributed by atoms with E-state index in [1.165, 1.54) is 27.8 Å². The molecule has 2 aromatic carbocycles. The van der Waals surface area contributed by atoms with Crippen LogP contribution < -0.4 is 0 Å². The Hall–Kier alpha value is -2.37. The SMILES string of the molecule is CC(C)(C)[Si](C)(C)OCCCC1=CC2CCC(C1)N2C(=O)OCC1c2ccccc2-c2ccccc21. The Labute approximate surface area is 217 Å². The van der Waals surface area contributed by atoms with Gasteiger partial charge in [-0.2, -0.15) is 0 Å². The third-order valence-electron chi connectivity index (χ3n) is 8.93. The van der Waals surface area contributed by atoms with Crippen LogP contribution in [0.2, 0.25) is 18.1 Å². The third-order valence-corrected chi connectivity index (χ3v) is 13.5. The quantitative estimate of drug-likeness (QED) is 0.219. The normalized spacial score (nSPS) is 21.2. The number of carbonyl (C=O) groups excluding carboxylic acids is 1. The van der Waals surface area contributed by atoms with Crippen molar-refractivity contribution < 1.29 is 14.0 Å². The number of rotatable bonds is 7. The van der Waals surface area contributed by atoms with E-state index in [0.29, 0.717) is 6.61 Å². The molecule has 2 heterocycles. The predicted molar refractivity (Wildman–Crippen MR) is 149 cm³/mol. The van der Waals surface area contributed by atoms with Crippen LogP contribution in [0.1, 0.15) is 69.9 Å². The second-order valence-corrected chi connectivity index (χ2v) is 17.1. The fourth-order valence-electron chi connectivity index (χ4n) is 5.90. The molecule has 4 nitrogen and oxygen atoms in total. The maximum absolute atomic E-state index is 13.3. The molecule has 1 aliphatic carbocycles. The smallest absolute Gasteiger partial charge is 0.410 e. The Balaban J connectivity index is 1.17. The summed E-state index contributed by atoms with van der Waals surface area (Å²) in [6.45, 7) is 12.7. The van der Waals surface area contributed by atoms with Crippen molar-refractivity contribution in [3.8, 4) is 11.1 Å². The number of carbonyl (C=O) groups is 1. The second-order valence-electron chi connectivity index (χ2n) is 12.3. The second kappa shape index (κ2) is 9.83. The molecule has 1 fully saturated rings. The van der Waals surface area contributed by atoms with Crippen molar-refractivity contribution >= 4 is 14.4 Å². The van der Waals surface area contributed by atoms with E-state index >= 15 is 0 Å². The highest BCUT2D eigenvalue weighted by Crippen LogP contribution is 2.45. The Kier molecular flexibility index (Phi) is 6.90. The minimum atomic E-state index is -1.69. The highest BCUT2D eigenvalue weighted by atomic mass is 28.4. The molecule has 0 saturated carbocycles. The zero-order valence-corrected chi connectivity index (χ0v) is 23.5. The van der Waals surface area contributed by atoms with Gasteiger partial charge in [-0.1, -0.05) is 81.0 Å². The van der Waals surface area contributed by atoms with Gasteiger partial charge in [0, 0.05) is 18.6 Å². The molecule has 5 rings (SSSR count). The molecule has 192 valence electrons. The molecule has 36 heavy (non-hydrogen) atoms. The average Bonchev–Trinajstić information content (AvgIpc) is 3.31. The molecular weight excluding hydrogens is 462 g/mol. The highest BCUT2D eigenvalue weighted by molar-refractivity contribution is 6.74. The molecule has 2 aromatic rings. The Morgan fingerprint density at radius 2 is 1.64 bits per heavy atom. The largest absolute Gasteiger partial charge is 0.448 e. The Morgan fingerprint density at radius 3 is 2.25 bits per heavy atom. The summed E-state index contributed by atoms with van der Waals surface area (Å²) in [5, 5.41) is 0.250. The van der Waals surface area contributed by atoms with Gasteiger partial charge in [0.15, 0.2) is 8.32 Å². The molecule has 0 radical (unpaired) electrons. The van der Waals surface area contributed by atoms with Crippen LogP contribution in [-0.2, 0) is 9.16 Å². The molecule has 2 unspecified atom stereocenters. The number of amides is 1. The van der Waals surface area contributed by atoms with E-state index in [9.17, 15) is 4.79 Å². The molecule has 0 N–H and O–H groups in total. The first kappa shape index (κ1) is 25.3. The number of ether oxygens (including phenoxy) is 1. The maximum Gasteiger partial charge on any atom is 0.410 e. The van der Waals surface area contributed by atoms with Gasteiger partial charge in [-0.05, 0) is 72.5 Å². The molecule has 1 amide bonds. The van der Waals surface area contributed by atoms with Crippen LogP contribution in [0.4, 0.5) is 4.79 Å². The third kappa shape index (κ3) is 4.80. The van der Waals surface area contributed by atoms with Crippen molar-refractivity contribution in [3.63, 3.8) is 0 Å². The molecule has 3 aliphatic rings. The van der Waals surface area contributed by atoms with Crippen LogP contribution in [0.15, 0.2) is 60.2 Å². The lowest BCUT2D eigenvalue weighted by molar-refractivity contribution is 0.0848. The number of benzene rings is 2. The van der Waals surface area contributed by atoms with Crippen molar-refractivity contribution in [2.45, 2.75) is 89.0 Å². The van der Waals surface area contributed by atoms with Crippen molar-refractivity contribution in [3.05, 3.63) is 71.3 Å². The Bertz CT molecular complexity index is 1100. The number of fused-ring (bicyclic) bond motifs is 5. The lowest BCUT2D eigenvalue weighted by Crippen LogP contribution is -2.43. The fraction of sp³-hybridized carbons (Fsp3) is 0.516. The van der Waals surface area contributed by atoms with Crippen LogP contribution in [-0.4, -0.2) is 44.6 Å². The number of nitrogens with zero attached hydrogens (tertiary/aromatic N) is 1. The van der Waals surface area contributed by atoms with Crippen LogP contribution in [0.5, 0.6) is 0 Å². The molecule has 2 atom stereocenters. The fourth-order valence-corrected chi connectivity index (χ4v) is 6.99. The first-order valence-electron chi connectivity index (χ1n) is 13.6. The summed E-state index contributed by atoms with van der Waals surface area (Å²) in [5.41, 5.74) is 6.53. The van der Waals surface area contributed by atoms with E-state index in [1.807, 2.05) is 4.90 Å². The van der Waals surface area contributed by atoms with Gasteiger partial charge in [-0.3, -0.25) is 4.90 Å². The van der Waals surface area contributed by atoms with Gasteiger partial charge < -0.3 is 9.16 Å². The van der Waals surface area contributed by atoms with Crippen LogP contribution in [0.25, 0.3) is 11.1 Å². The summed E-state index contributed by atoms with van der Waals surface area (Å²) < 4.78 is 12.4. The monoisotopic (exact) mass is 503 g/mol. The zero-order chi connectivity index (χ0) is 25.5. The summed E-state index contributed by atoms with van der Waals surface area (Å²) in [7, 11) is -1.69. The lowest BCUT2D eigenvalue weighted by Gasteiger charge is -2.36. The summed E-state index contributed by atoms with van der Waals surface area (Å²) in [5.74, 6) is 0.107. The van der Waals surface area contributed by atoms with Crippen molar-refractivity contribution in [1.29, 1.82) is 0 Å². The summed E-state index contributed by atoms with van der Waals surface area (Å²) in [6.07, 6.45) is 7.40. The molecular formula is C31H41NO3Si. The number of hydrogen-bond donors (Lipinski definition) is 0. The molecule has 5 heteroatoms. The van der Waals surface area contributed by atoms with Crippen molar-refractivity contribution in [2.75, 3.05) is 13.2 Å². The van der Waals surface area contributed by atoms with E-state index in [-0.39, 0.29) is 29.1 Å². The van der Waals surface area contributed by atoms with Gasteiger partial charge in [0.1, 0.15) is 6.61 Å². The summed E-state index contributed by atoms with van der Waals surface area (Å²) in [6, 6.07) is 17.4. The first-order valence-corrected chi connectivity index (χ1v) is 16.5. The van der Waals surface area contributed by atoms with Gasteiger partial charge in [0.2, 0.25) is 0 Å². The van der Waals surface area contributed by atoms with Gasteiger partial charge in [-0.25, -0.2) is 4.79 Å². The first-order chi connectivity index (χ1) is 17.2. The maximum atomic E-state index is 13.3. The predicted octanol–water partition coefficient (Wildman–Crippen LogP) is 7.90. The van der Waals surface area contributed by atoms with E-state index in [2.05, 4.69) is 88.5 Å².